The largest absolute Gasteiger partial charge is 0.388 e. The summed E-state index contributed by atoms with van der Waals surface area (Å²) in [6, 6.07) is 0. The zero-order valence-corrected chi connectivity index (χ0v) is 20.5. The van der Waals surface area contributed by atoms with E-state index in [9.17, 15) is 9.90 Å². The van der Waals surface area contributed by atoms with Crippen molar-refractivity contribution in [2.45, 2.75) is 84.2 Å². The molecule has 0 bridgehead atoms. The van der Waals surface area contributed by atoms with Gasteiger partial charge in [-0.3, -0.25) is 4.79 Å². The fourth-order valence-electron chi connectivity index (χ4n) is 3.00. The fourth-order valence-corrected chi connectivity index (χ4v) is 3.00. The average molecular weight is 440 g/mol. The minimum absolute atomic E-state index is 0.164. The molecule has 0 aliphatic carbocycles. The maximum Gasteiger partial charge on any atom is 0.244 e. The van der Waals surface area contributed by atoms with Crippen molar-refractivity contribution in [3.63, 3.8) is 0 Å². The zero-order chi connectivity index (χ0) is 23.8. The molecular weight excluding hydrogens is 394 g/mol. The van der Waals surface area contributed by atoms with Crippen LogP contribution in [0.2, 0.25) is 0 Å². The lowest BCUT2D eigenvalue weighted by atomic mass is 9.90. The summed E-state index contributed by atoms with van der Waals surface area (Å²) in [4.78, 5) is 12.0. The number of aliphatic hydroxyl groups is 1. The molecule has 1 unspecified atom stereocenters. The van der Waals surface area contributed by atoms with Crippen LogP contribution in [-0.4, -0.2) is 23.2 Å². The molecule has 0 rings (SSSR count). The molecule has 32 heavy (non-hydrogen) atoms. The summed E-state index contributed by atoms with van der Waals surface area (Å²) in [6.45, 7) is 6.59. The third-order valence-electron chi connectivity index (χ3n) is 4.93. The standard InChI is InChI=1S/C29H45NO2/c1-4-7-10-11-12-13-14-15-16-17-18-19-20-21-22-24-28(31)30-27-29(32,25-9-6-3)26-23-8-5-2/h4,7,10-15,18-22,24,32H,5-6,8-9,16-17,23,25-27H2,1-3H3,(H,30,31). The highest BCUT2D eigenvalue weighted by Gasteiger charge is 2.25. The lowest BCUT2D eigenvalue weighted by Gasteiger charge is -2.28. The summed E-state index contributed by atoms with van der Waals surface area (Å²) in [5, 5.41) is 13.7. The lowest BCUT2D eigenvalue weighted by Crippen LogP contribution is -2.42. The number of nitrogens with one attached hydrogen (secondary N) is 1. The molecule has 0 saturated carbocycles. The Kier molecular flexibility index (Phi) is 20.2. The third-order valence-corrected chi connectivity index (χ3v) is 4.93. The molecule has 0 heterocycles. The first kappa shape index (κ1) is 29.6. The van der Waals surface area contributed by atoms with Crippen LogP contribution in [0.1, 0.15) is 78.6 Å². The Balaban J connectivity index is 4.15. The number of carbonyl (C=O) groups is 1. The highest BCUT2D eigenvalue weighted by Crippen LogP contribution is 2.21. The molecule has 0 saturated heterocycles. The smallest absolute Gasteiger partial charge is 0.244 e. The Morgan fingerprint density at radius 3 is 1.88 bits per heavy atom. The molecule has 2 N–H and O–H groups in total. The molecule has 0 radical (unpaired) electrons. The van der Waals surface area contributed by atoms with E-state index in [-0.39, 0.29) is 5.91 Å². The van der Waals surface area contributed by atoms with Crippen LogP contribution in [-0.2, 0) is 4.79 Å². The van der Waals surface area contributed by atoms with Crippen LogP contribution in [0.5, 0.6) is 0 Å². The number of hydrogen-bond acceptors (Lipinski definition) is 2. The van der Waals surface area contributed by atoms with Gasteiger partial charge in [-0.05, 0) is 32.6 Å². The van der Waals surface area contributed by atoms with Crippen molar-refractivity contribution in [1.29, 1.82) is 0 Å². The second-order valence-electron chi connectivity index (χ2n) is 7.98. The summed E-state index contributed by atoms with van der Waals surface area (Å²) in [7, 11) is 0. The van der Waals surface area contributed by atoms with Gasteiger partial charge in [-0.2, -0.15) is 0 Å². The molecule has 0 aromatic carbocycles. The minimum atomic E-state index is -0.791. The molecule has 3 heteroatoms. The van der Waals surface area contributed by atoms with Gasteiger partial charge in [0.05, 0.1) is 5.60 Å². The van der Waals surface area contributed by atoms with Gasteiger partial charge < -0.3 is 10.4 Å². The molecule has 0 aromatic heterocycles. The second-order valence-corrected chi connectivity index (χ2v) is 7.98. The fraction of sp³-hybridized carbons (Fsp3) is 0.483. The van der Waals surface area contributed by atoms with Gasteiger partial charge in [0.25, 0.3) is 0 Å². The molecular formula is C29H45NO2. The van der Waals surface area contributed by atoms with E-state index in [1.165, 1.54) is 6.08 Å². The molecule has 0 spiro atoms. The van der Waals surface area contributed by atoms with Crippen molar-refractivity contribution in [1.82, 2.24) is 5.32 Å². The van der Waals surface area contributed by atoms with E-state index < -0.39 is 5.60 Å². The third kappa shape index (κ3) is 19.6. The van der Waals surface area contributed by atoms with Gasteiger partial charge in [-0.15, -0.1) is 0 Å². The van der Waals surface area contributed by atoms with Crippen LogP contribution in [0.3, 0.4) is 0 Å². The molecule has 3 nitrogen and oxygen atoms in total. The molecule has 0 aliphatic heterocycles. The van der Waals surface area contributed by atoms with Crippen molar-refractivity contribution >= 4 is 5.91 Å². The van der Waals surface area contributed by atoms with E-state index in [2.05, 4.69) is 37.4 Å². The Bertz CT molecular complexity index is 665. The highest BCUT2D eigenvalue weighted by atomic mass is 16.3. The van der Waals surface area contributed by atoms with Gasteiger partial charge >= 0.3 is 0 Å². The summed E-state index contributed by atoms with van der Waals surface area (Å²) in [6.07, 6.45) is 36.0. The van der Waals surface area contributed by atoms with E-state index in [4.69, 9.17) is 0 Å². The van der Waals surface area contributed by atoms with E-state index >= 15 is 0 Å². The number of rotatable bonds is 18. The van der Waals surface area contributed by atoms with E-state index in [1.54, 1.807) is 6.08 Å². The van der Waals surface area contributed by atoms with Crippen molar-refractivity contribution in [2.24, 2.45) is 0 Å². The van der Waals surface area contributed by atoms with Gasteiger partial charge in [0.2, 0.25) is 5.91 Å². The maximum atomic E-state index is 12.0. The molecule has 0 fully saturated rings. The Hall–Kier alpha value is -2.39. The van der Waals surface area contributed by atoms with Crippen molar-refractivity contribution in [3.8, 4) is 0 Å². The lowest BCUT2D eigenvalue weighted by molar-refractivity contribution is -0.118. The van der Waals surface area contributed by atoms with Gasteiger partial charge in [0, 0.05) is 12.6 Å². The number of carbonyl (C=O) groups excluding carboxylic acids is 1. The first-order chi connectivity index (χ1) is 15.6. The number of hydrogen-bond donors (Lipinski definition) is 2. The van der Waals surface area contributed by atoms with E-state index in [0.717, 1.165) is 57.8 Å². The van der Waals surface area contributed by atoms with Crippen LogP contribution in [0, 0.1) is 0 Å². The van der Waals surface area contributed by atoms with Gasteiger partial charge in [-0.25, -0.2) is 0 Å². The van der Waals surface area contributed by atoms with Crippen molar-refractivity contribution in [3.05, 3.63) is 85.1 Å². The number of allylic oxidation sites excluding steroid dienone is 13. The van der Waals surface area contributed by atoms with Crippen LogP contribution in [0.15, 0.2) is 85.1 Å². The van der Waals surface area contributed by atoms with Crippen LogP contribution in [0.25, 0.3) is 0 Å². The van der Waals surface area contributed by atoms with E-state index in [1.807, 2.05) is 61.6 Å². The predicted octanol–water partition coefficient (Wildman–Crippen LogP) is 7.30. The van der Waals surface area contributed by atoms with Crippen LogP contribution >= 0.6 is 0 Å². The Morgan fingerprint density at radius 2 is 1.28 bits per heavy atom. The van der Waals surface area contributed by atoms with Crippen LogP contribution < -0.4 is 5.32 Å². The maximum absolute atomic E-state index is 12.0. The molecule has 178 valence electrons. The predicted molar refractivity (Wildman–Crippen MR) is 141 cm³/mol. The Labute approximate surface area is 197 Å². The first-order valence-corrected chi connectivity index (χ1v) is 12.2. The van der Waals surface area contributed by atoms with Crippen LogP contribution in [0.4, 0.5) is 0 Å². The van der Waals surface area contributed by atoms with Gasteiger partial charge in [0.15, 0.2) is 0 Å². The zero-order valence-electron chi connectivity index (χ0n) is 20.5. The molecule has 1 atom stereocenters. The topological polar surface area (TPSA) is 49.3 Å². The monoisotopic (exact) mass is 439 g/mol. The quantitative estimate of drug-likeness (QED) is 0.134. The summed E-state index contributed by atoms with van der Waals surface area (Å²) in [5.41, 5.74) is -0.791. The molecule has 0 aromatic rings. The number of amides is 1. The van der Waals surface area contributed by atoms with Crippen molar-refractivity contribution < 1.29 is 9.90 Å². The SMILES string of the molecule is CC=CC=CC=CC=CCCC=CC=CC=CC(=O)NCC(O)(CCCC)CCCCC. The molecule has 1 amide bonds. The normalized spacial score (nSPS) is 15.0. The summed E-state index contributed by atoms with van der Waals surface area (Å²) < 4.78 is 0. The molecule has 0 aliphatic rings. The second kappa shape index (κ2) is 21.8. The highest BCUT2D eigenvalue weighted by molar-refractivity contribution is 5.87. The Morgan fingerprint density at radius 1 is 0.750 bits per heavy atom. The first-order valence-electron chi connectivity index (χ1n) is 12.2. The van der Waals surface area contributed by atoms with E-state index in [0.29, 0.717) is 6.54 Å². The average Bonchev–Trinajstić information content (AvgIpc) is 2.79. The minimum Gasteiger partial charge on any atom is -0.388 e. The number of unbranched alkanes of at least 4 members (excludes halogenated alkanes) is 4. The summed E-state index contributed by atoms with van der Waals surface area (Å²) in [5.74, 6) is -0.164. The van der Waals surface area contributed by atoms with Gasteiger partial charge in [0.1, 0.15) is 0 Å². The summed E-state index contributed by atoms with van der Waals surface area (Å²) >= 11 is 0. The van der Waals surface area contributed by atoms with Gasteiger partial charge in [-0.1, -0.05) is 125 Å². The van der Waals surface area contributed by atoms with Crippen molar-refractivity contribution in [2.75, 3.05) is 6.54 Å².